The standard InChI is InChI=1S/C44H65NO18/c1-21-26-28(59-22(2)46)31(49)42(11)24(47)18-25-43(20-58-25,63-37(55)57-12)29(42)32(60-33(50)23-16-14-13-15-17-23)44(56,39(26,6)7)19-41(21,10)61-34(51)27(48)30(38(3,4)5)45-36(54)62-40(8,9)35(52)53/h23-25,27-30,32,47-48,56H,13-20H2,1-12H3,(H,45,54)(H,52,53)/t24?,25-,27-,28-,29?,30-,32+,41+,42-,43+,44-/m1/s1. The fourth-order valence-corrected chi connectivity index (χ4v) is 10.6. The molecule has 1 aliphatic heterocycles. The van der Waals surface area contributed by atoms with Crippen LogP contribution >= 0.6 is 0 Å². The Morgan fingerprint density at radius 3 is 2.05 bits per heavy atom. The van der Waals surface area contributed by atoms with Crippen LogP contribution in [0, 0.1) is 28.1 Å². The van der Waals surface area contributed by atoms with Crippen molar-refractivity contribution in [1.82, 2.24) is 5.32 Å². The summed E-state index contributed by atoms with van der Waals surface area (Å²) in [5.41, 5.74) is -13.2. The zero-order valence-corrected chi connectivity index (χ0v) is 38.3. The zero-order valence-electron chi connectivity index (χ0n) is 38.3. The summed E-state index contributed by atoms with van der Waals surface area (Å²) >= 11 is 0. The lowest BCUT2D eigenvalue weighted by Crippen LogP contribution is -2.82. The minimum absolute atomic E-state index is 0.0493. The van der Waals surface area contributed by atoms with Crippen LogP contribution in [0.5, 0.6) is 0 Å². The van der Waals surface area contributed by atoms with Gasteiger partial charge in [-0.15, -0.1) is 0 Å². The Balaban J connectivity index is 1.74. The first-order valence-electron chi connectivity index (χ1n) is 21.4. The highest BCUT2D eigenvalue weighted by Crippen LogP contribution is 2.65. The normalized spacial score (nSPS) is 35.1. The van der Waals surface area contributed by atoms with E-state index in [1.54, 1.807) is 34.6 Å². The van der Waals surface area contributed by atoms with Gasteiger partial charge in [0, 0.05) is 25.2 Å². The molecule has 11 atom stereocenters. The molecular formula is C44H65NO18. The molecule has 0 aromatic carbocycles. The first-order chi connectivity index (χ1) is 28.9. The van der Waals surface area contributed by atoms with Gasteiger partial charge in [-0.3, -0.25) is 14.4 Å². The number of nitrogens with one attached hydrogen (secondary N) is 1. The van der Waals surface area contributed by atoms with E-state index >= 15 is 4.79 Å². The van der Waals surface area contributed by atoms with Crippen LogP contribution in [0.4, 0.5) is 9.59 Å². The largest absolute Gasteiger partial charge is 0.508 e. The Morgan fingerprint density at radius 2 is 1.54 bits per heavy atom. The van der Waals surface area contributed by atoms with Crippen molar-refractivity contribution in [2.75, 3.05) is 13.7 Å². The number of carbonyl (C=O) groups excluding carboxylic acids is 6. The number of methoxy groups -OCH3 is 1. The van der Waals surface area contributed by atoms with Crippen molar-refractivity contribution in [3.05, 3.63) is 11.1 Å². The molecule has 4 aliphatic carbocycles. The number of aliphatic hydroxyl groups excluding tert-OH is 2. The number of hydrogen-bond acceptors (Lipinski definition) is 17. The predicted molar refractivity (Wildman–Crippen MR) is 216 cm³/mol. The Morgan fingerprint density at radius 1 is 0.937 bits per heavy atom. The molecule has 1 heterocycles. The maximum absolute atomic E-state index is 15.6. The lowest BCUT2D eigenvalue weighted by atomic mass is 9.44. The van der Waals surface area contributed by atoms with Gasteiger partial charge in [-0.1, -0.05) is 53.9 Å². The highest BCUT2D eigenvalue weighted by molar-refractivity contribution is 5.95. The molecule has 5 aliphatic rings. The molecule has 19 heteroatoms. The van der Waals surface area contributed by atoms with Crippen LogP contribution in [-0.4, -0.2) is 135 Å². The van der Waals surface area contributed by atoms with Gasteiger partial charge in [-0.05, 0) is 64.0 Å². The van der Waals surface area contributed by atoms with Crippen LogP contribution in [0.15, 0.2) is 11.1 Å². The maximum atomic E-state index is 15.6. The quantitative estimate of drug-likeness (QED) is 0.119. The van der Waals surface area contributed by atoms with Crippen molar-refractivity contribution >= 4 is 41.9 Å². The molecule has 5 rings (SSSR count). The fourth-order valence-electron chi connectivity index (χ4n) is 10.6. The second-order valence-electron chi connectivity index (χ2n) is 20.4. The Labute approximate surface area is 366 Å². The molecule has 1 amide bonds. The third-order valence-electron chi connectivity index (χ3n) is 14.6. The first kappa shape index (κ1) is 49.7. The van der Waals surface area contributed by atoms with E-state index in [9.17, 15) is 49.2 Å². The molecule has 354 valence electrons. The number of hydrogen-bond donors (Lipinski definition) is 5. The van der Waals surface area contributed by atoms with E-state index in [1.165, 1.54) is 20.8 Å². The van der Waals surface area contributed by atoms with Gasteiger partial charge in [0.1, 0.15) is 23.4 Å². The summed E-state index contributed by atoms with van der Waals surface area (Å²) in [6.45, 7) is 15.0. The van der Waals surface area contributed by atoms with Crippen LogP contribution in [0.1, 0.15) is 121 Å². The number of amides is 1. The molecule has 0 spiro atoms. The number of alkyl carbamates (subject to hydrolysis) is 1. The van der Waals surface area contributed by atoms with Gasteiger partial charge >= 0.3 is 36.1 Å². The fraction of sp³-hybridized carbons (Fsp3) is 0.795. The second-order valence-corrected chi connectivity index (χ2v) is 20.4. The summed E-state index contributed by atoms with van der Waals surface area (Å²) in [4.78, 5) is 95.3. The predicted octanol–water partition coefficient (Wildman–Crippen LogP) is 3.45. The summed E-state index contributed by atoms with van der Waals surface area (Å²) in [7, 11) is 1.07. The third kappa shape index (κ3) is 8.42. The molecule has 0 radical (unpaired) electrons. The molecule has 5 N–H and O–H groups in total. The van der Waals surface area contributed by atoms with Crippen molar-refractivity contribution in [1.29, 1.82) is 0 Å². The topological polar surface area (TPSA) is 277 Å². The SMILES string of the molecule is COC(=O)O[C@@]12CO[C@@H]1CC(O)[C@@]1(C)C(=O)[C@H](OC(C)=O)C3=C(C)[C@@](C)(OC(=O)[C@H](O)[C@@H](NC(=O)OC(C)(C)C(=O)O)C(C)(C)C)C[C@@](O)([C@@H](OC(=O)C4CCCCC4)C12)C3(C)C. The number of rotatable bonds is 10. The lowest BCUT2D eigenvalue weighted by Gasteiger charge is -2.68. The average Bonchev–Trinajstić information content (AvgIpc) is 3.17. The number of fused-ring (bicyclic) bond motifs is 5. The van der Waals surface area contributed by atoms with Gasteiger partial charge < -0.3 is 58.9 Å². The van der Waals surface area contributed by atoms with Gasteiger partial charge in [0.25, 0.3) is 0 Å². The molecule has 2 unspecified atom stereocenters. The Kier molecular flexibility index (Phi) is 13.3. The van der Waals surface area contributed by atoms with E-state index < -0.39 is 135 Å². The summed E-state index contributed by atoms with van der Waals surface area (Å²) in [6.07, 6.45) is -8.69. The monoisotopic (exact) mass is 895 g/mol. The van der Waals surface area contributed by atoms with Crippen LogP contribution in [-0.2, 0) is 57.1 Å². The number of aliphatic hydroxyl groups is 3. The molecule has 3 saturated carbocycles. The molecular weight excluding hydrogens is 830 g/mol. The number of carbonyl (C=O) groups is 7. The van der Waals surface area contributed by atoms with Gasteiger partial charge in [0.05, 0.1) is 43.1 Å². The van der Waals surface area contributed by atoms with Crippen molar-refractivity contribution in [3.8, 4) is 0 Å². The summed E-state index contributed by atoms with van der Waals surface area (Å²) < 4.78 is 40.5. The summed E-state index contributed by atoms with van der Waals surface area (Å²) in [5.74, 6) is -7.59. The van der Waals surface area contributed by atoms with Crippen molar-refractivity contribution < 1.29 is 87.1 Å². The number of aliphatic carboxylic acids is 1. The van der Waals surface area contributed by atoms with Crippen molar-refractivity contribution in [3.63, 3.8) is 0 Å². The molecule has 2 bridgehead atoms. The number of ether oxygens (including phenoxy) is 7. The molecule has 1 saturated heterocycles. The molecule has 19 nitrogen and oxygen atoms in total. The van der Waals surface area contributed by atoms with E-state index in [-0.39, 0.29) is 24.2 Å². The molecule has 4 fully saturated rings. The smallest absolute Gasteiger partial charge is 0.478 e. The number of ketones is 1. The lowest BCUT2D eigenvalue weighted by molar-refractivity contribution is -0.347. The van der Waals surface area contributed by atoms with Gasteiger partial charge in [-0.2, -0.15) is 0 Å². The van der Waals surface area contributed by atoms with Gasteiger partial charge in [0.15, 0.2) is 23.6 Å². The molecule has 63 heavy (non-hydrogen) atoms. The molecule has 0 aromatic rings. The number of Topliss-reactive ketones (excluding diaryl/α,β-unsaturated/α-hetero) is 1. The van der Waals surface area contributed by atoms with E-state index in [0.29, 0.717) is 12.8 Å². The Hall–Kier alpha value is -4.33. The Bertz CT molecular complexity index is 1910. The maximum Gasteiger partial charge on any atom is 0.508 e. The molecule has 0 aromatic heterocycles. The minimum Gasteiger partial charge on any atom is -0.478 e. The summed E-state index contributed by atoms with van der Waals surface area (Å²) in [6, 6.07) is -1.47. The van der Waals surface area contributed by atoms with Crippen LogP contribution in [0.25, 0.3) is 0 Å². The number of carboxylic acid groups (broad SMARTS) is 1. The van der Waals surface area contributed by atoms with E-state index in [1.807, 2.05) is 0 Å². The van der Waals surface area contributed by atoms with E-state index in [0.717, 1.165) is 47.1 Å². The van der Waals surface area contributed by atoms with Crippen LogP contribution in [0.3, 0.4) is 0 Å². The zero-order chi connectivity index (χ0) is 47.6. The number of esters is 3. The van der Waals surface area contributed by atoms with E-state index in [4.69, 9.17) is 33.2 Å². The van der Waals surface area contributed by atoms with E-state index in [2.05, 4.69) is 5.32 Å². The van der Waals surface area contributed by atoms with Crippen LogP contribution in [0.2, 0.25) is 0 Å². The van der Waals surface area contributed by atoms with Crippen molar-refractivity contribution in [2.45, 2.75) is 180 Å². The second kappa shape index (κ2) is 16.9. The van der Waals surface area contributed by atoms with Gasteiger partial charge in [0.2, 0.25) is 5.60 Å². The first-order valence-corrected chi connectivity index (χ1v) is 21.4. The highest BCUT2D eigenvalue weighted by atomic mass is 16.8. The average molecular weight is 896 g/mol. The third-order valence-corrected chi connectivity index (χ3v) is 14.6. The highest BCUT2D eigenvalue weighted by Gasteiger charge is 2.79. The minimum atomic E-state index is -2.45. The van der Waals surface area contributed by atoms with Crippen LogP contribution < -0.4 is 5.32 Å². The van der Waals surface area contributed by atoms with Crippen molar-refractivity contribution in [2.24, 2.45) is 28.1 Å². The summed E-state index contributed by atoms with van der Waals surface area (Å²) in [5, 5.41) is 49.5. The number of carboxylic acids is 1. The van der Waals surface area contributed by atoms with Gasteiger partial charge in [-0.25, -0.2) is 19.2 Å².